The number of aryl methyl sites for hydroxylation is 1. The number of phenolic OH excluding ortho intramolecular Hbond substituents is 1. The van der Waals surface area contributed by atoms with Gasteiger partial charge in [-0.15, -0.1) is 0 Å². The third kappa shape index (κ3) is 10.7. The molecule has 0 radical (unpaired) electrons. The van der Waals surface area contributed by atoms with Crippen LogP contribution in [0, 0.1) is 0 Å². The second-order valence-corrected chi connectivity index (χ2v) is 16.5. The van der Waals surface area contributed by atoms with Gasteiger partial charge in [-0.2, -0.15) is 13.2 Å². The van der Waals surface area contributed by atoms with Crippen molar-refractivity contribution in [2.75, 3.05) is 31.3 Å². The zero-order valence-electron chi connectivity index (χ0n) is 34.5. The second kappa shape index (κ2) is 18.6. The number of aliphatic hydroxyl groups is 1. The maximum absolute atomic E-state index is 13.2. The second-order valence-electron chi connectivity index (χ2n) is 16.5. The lowest BCUT2D eigenvalue weighted by molar-refractivity contribution is -0.938. The lowest BCUT2D eigenvalue weighted by atomic mass is 9.96. The van der Waals surface area contributed by atoms with Crippen molar-refractivity contribution in [1.29, 1.82) is 0 Å². The molecule has 2 bridgehead atoms. The first-order chi connectivity index (χ1) is 30.0. The van der Waals surface area contributed by atoms with Crippen LogP contribution in [0.5, 0.6) is 5.75 Å². The number of aromatic hydroxyl groups is 1. The first-order valence-corrected chi connectivity index (χ1v) is 20.5. The minimum atomic E-state index is -5.19. The number of nitrogens with zero attached hydrogens (tertiary/aromatic N) is 1. The van der Waals surface area contributed by atoms with Crippen molar-refractivity contribution in [3.8, 4) is 16.9 Å². The molecule has 63 heavy (non-hydrogen) atoms. The molecule has 0 aliphatic carbocycles. The number of amides is 2. The number of quaternary nitrogens is 1. The minimum absolute atomic E-state index is 0.0528. The average molecular weight is 872 g/mol. The highest BCUT2D eigenvalue weighted by Crippen LogP contribution is 2.51. The first kappa shape index (κ1) is 44.8. The summed E-state index contributed by atoms with van der Waals surface area (Å²) in [6.07, 6.45) is -2.75. The summed E-state index contributed by atoms with van der Waals surface area (Å²) in [5, 5.41) is 39.6. The highest BCUT2D eigenvalue weighted by atomic mass is 19.4. The maximum Gasteiger partial charge on any atom is 0.430 e. The molecular formula is C46H48F3N5O9. The van der Waals surface area contributed by atoms with E-state index in [0.717, 1.165) is 39.6 Å². The van der Waals surface area contributed by atoms with E-state index in [-0.39, 0.29) is 29.9 Å². The van der Waals surface area contributed by atoms with Gasteiger partial charge in [0.05, 0.1) is 31.4 Å². The summed E-state index contributed by atoms with van der Waals surface area (Å²) < 4.78 is 44.3. The SMILES string of the molecule is C[N+]1(C)[C@@H]2C[C@@H](OC(=O)Nc3ccc(CCCC(=O)Nc4ccc(CNC[C@H](O)c5ccc(O)c6[nH]c(=O)ccc56)cc4)cc3-c3ccccc3)C[C@H]1[C@@H]1O[C@@H]12.O=C([O-])C(F)(F)F. The van der Waals surface area contributed by atoms with Crippen LogP contribution in [-0.4, -0.2) is 94.9 Å². The standard InChI is InChI=1S/C44H47N5O7.C2HF3O2/c1-49(2)35-22-30(23-36(49)43-42(35)56-43)55-44(54)47-34-18-13-26(21-33(34)28-8-4-3-5-9-28)7-6-10-39(52)46-29-14-11-27(12-15-29)24-45-25-38(51)31-16-19-37(50)41-32(31)17-20-40(53)48-41;3-2(4,5)1(6)7/h3-5,8-9,11-21,30,35-36,38,42-43,45,51H,6-7,10,22-25H2,1-2H3,(H3-,46,47,48,50,52,53,54);(H,6,7)/t30-,35-,36+,38-,42-,43+;/m0./s1. The van der Waals surface area contributed by atoms with Crippen molar-refractivity contribution in [2.45, 2.75) is 81.3 Å². The van der Waals surface area contributed by atoms with Gasteiger partial charge >= 0.3 is 12.3 Å². The van der Waals surface area contributed by atoms with Crippen LogP contribution >= 0.6 is 0 Å². The van der Waals surface area contributed by atoms with Gasteiger partial charge in [0.25, 0.3) is 0 Å². The number of aromatic amines is 1. The third-order valence-corrected chi connectivity index (χ3v) is 12.0. The first-order valence-electron chi connectivity index (χ1n) is 20.5. The summed E-state index contributed by atoms with van der Waals surface area (Å²) >= 11 is 0. The lowest BCUT2D eigenvalue weighted by Gasteiger charge is -2.45. The van der Waals surface area contributed by atoms with Crippen LogP contribution < -0.4 is 26.6 Å². The molecule has 3 fully saturated rings. The molecule has 3 aliphatic rings. The fourth-order valence-corrected chi connectivity index (χ4v) is 8.70. The number of aliphatic carboxylic acids is 1. The Kier molecular flexibility index (Phi) is 13.2. The number of carbonyl (C=O) groups excluding carboxylic acids is 3. The molecule has 14 nitrogen and oxygen atoms in total. The van der Waals surface area contributed by atoms with Crippen LogP contribution in [-0.2, 0) is 32.0 Å². The number of epoxide rings is 1. The van der Waals surface area contributed by atoms with Crippen molar-refractivity contribution in [2.24, 2.45) is 0 Å². The number of carbonyl (C=O) groups is 3. The molecule has 3 saturated heterocycles. The summed E-state index contributed by atoms with van der Waals surface area (Å²) in [6, 6.07) is 30.3. The molecule has 332 valence electrons. The number of likely N-dealkylation sites (N-methyl/N-ethyl adjacent to an activating group) is 1. The number of ether oxygens (including phenoxy) is 2. The number of carboxylic acid groups (broad SMARTS) is 1. The van der Waals surface area contributed by atoms with Gasteiger partial charge in [0.1, 0.15) is 42.1 Å². The highest BCUT2D eigenvalue weighted by Gasteiger charge is 2.70. The molecule has 0 saturated carbocycles. The van der Waals surface area contributed by atoms with E-state index in [4.69, 9.17) is 19.4 Å². The average Bonchev–Trinajstić information content (AvgIpc) is 4.01. The normalized spacial score (nSPS) is 21.0. The van der Waals surface area contributed by atoms with Crippen molar-refractivity contribution in [3.05, 3.63) is 124 Å². The monoisotopic (exact) mass is 871 g/mol. The van der Waals surface area contributed by atoms with Crippen molar-refractivity contribution < 1.29 is 56.8 Å². The van der Waals surface area contributed by atoms with Crippen LogP contribution in [0.3, 0.4) is 0 Å². The summed E-state index contributed by atoms with van der Waals surface area (Å²) in [5.41, 5.74) is 5.87. The number of alkyl halides is 3. The molecular weight excluding hydrogens is 824 g/mol. The number of halogens is 3. The van der Waals surface area contributed by atoms with Crippen LogP contribution in [0.25, 0.3) is 22.0 Å². The van der Waals surface area contributed by atoms with E-state index >= 15 is 0 Å². The Balaban J connectivity index is 0.000000785. The maximum atomic E-state index is 13.2. The number of pyridine rings is 1. The summed E-state index contributed by atoms with van der Waals surface area (Å²) in [6.45, 7) is 0.751. The number of H-pyrrole nitrogens is 1. The number of piperidine rings is 1. The van der Waals surface area contributed by atoms with E-state index in [0.29, 0.717) is 77.9 Å². The van der Waals surface area contributed by atoms with E-state index in [2.05, 4.69) is 41.1 Å². The Labute approximate surface area is 360 Å². The Morgan fingerprint density at radius 1 is 0.921 bits per heavy atom. The Morgan fingerprint density at radius 2 is 1.59 bits per heavy atom. The number of phenols is 1. The number of hydrogen-bond donors (Lipinski definition) is 6. The van der Waals surface area contributed by atoms with Gasteiger partial charge < -0.3 is 49.7 Å². The summed E-state index contributed by atoms with van der Waals surface area (Å²) in [4.78, 5) is 49.2. The van der Waals surface area contributed by atoms with E-state index in [9.17, 15) is 37.8 Å². The number of fused-ring (bicyclic) bond motifs is 6. The molecule has 1 aromatic heterocycles. The number of nitrogens with one attached hydrogen (secondary N) is 4. The van der Waals surface area contributed by atoms with Gasteiger partial charge in [-0.05, 0) is 71.5 Å². The smallest absolute Gasteiger partial charge is 0.430 e. The van der Waals surface area contributed by atoms with Crippen molar-refractivity contribution in [3.63, 3.8) is 0 Å². The number of benzene rings is 4. The Morgan fingerprint density at radius 3 is 2.25 bits per heavy atom. The van der Waals surface area contributed by atoms with E-state index in [1.807, 2.05) is 66.7 Å². The molecule has 0 spiro atoms. The van der Waals surface area contributed by atoms with Gasteiger partial charge in [-0.25, -0.2) is 4.79 Å². The van der Waals surface area contributed by atoms with Crippen molar-refractivity contribution >= 4 is 40.2 Å². The largest absolute Gasteiger partial charge is 0.542 e. The number of aliphatic hydroxyl groups excluding tert-OH is 1. The van der Waals surface area contributed by atoms with Gasteiger partial charge in [0, 0.05) is 55.1 Å². The predicted molar refractivity (Wildman–Crippen MR) is 225 cm³/mol. The minimum Gasteiger partial charge on any atom is -0.542 e. The quantitative estimate of drug-likeness (QED) is 0.0667. The fraction of sp³-hybridized carbons (Fsp3) is 0.348. The number of hydrogen-bond acceptors (Lipinski definition) is 10. The summed E-state index contributed by atoms with van der Waals surface area (Å²) in [7, 11) is 4.51. The molecule has 4 aromatic carbocycles. The Hall–Kier alpha value is -6.27. The molecule has 0 unspecified atom stereocenters. The number of morpholine rings is 1. The highest BCUT2D eigenvalue weighted by molar-refractivity contribution is 5.92. The molecule has 17 heteroatoms. The van der Waals surface area contributed by atoms with E-state index in [1.165, 1.54) is 12.1 Å². The van der Waals surface area contributed by atoms with E-state index < -0.39 is 24.3 Å². The van der Waals surface area contributed by atoms with Crippen LogP contribution in [0.2, 0.25) is 0 Å². The van der Waals surface area contributed by atoms with Crippen LogP contribution in [0.1, 0.15) is 48.5 Å². The summed E-state index contributed by atoms with van der Waals surface area (Å²) in [5.74, 6) is -3.14. The predicted octanol–water partition coefficient (Wildman–Crippen LogP) is 5.29. The molecule has 8 rings (SSSR count). The molecule has 4 heterocycles. The zero-order valence-corrected chi connectivity index (χ0v) is 34.5. The molecule has 6 N–H and O–H groups in total. The van der Waals surface area contributed by atoms with Crippen molar-refractivity contribution in [1.82, 2.24) is 10.3 Å². The number of anilines is 2. The number of carboxylic acids is 1. The van der Waals surface area contributed by atoms with Gasteiger partial charge in [0.2, 0.25) is 11.5 Å². The van der Waals surface area contributed by atoms with Crippen LogP contribution in [0.15, 0.2) is 102 Å². The third-order valence-electron chi connectivity index (χ3n) is 12.0. The number of rotatable bonds is 13. The molecule has 6 atom stereocenters. The molecule has 2 amide bonds. The zero-order chi connectivity index (χ0) is 45.1. The van der Waals surface area contributed by atoms with E-state index in [1.54, 1.807) is 12.1 Å². The molecule has 5 aromatic rings. The van der Waals surface area contributed by atoms with Crippen LogP contribution in [0.4, 0.5) is 29.3 Å². The topological polar surface area (TPSA) is 205 Å². The Bertz CT molecular complexity index is 2500. The number of aromatic nitrogens is 1. The lowest BCUT2D eigenvalue weighted by Crippen LogP contribution is -2.60. The molecule has 3 aliphatic heterocycles. The van der Waals surface area contributed by atoms with Gasteiger partial charge in [-0.1, -0.05) is 54.6 Å². The van der Waals surface area contributed by atoms with Gasteiger partial charge in [-0.3, -0.25) is 14.9 Å². The van der Waals surface area contributed by atoms with Gasteiger partial charge in [0.15, 0.2) is 0 Å². The fourth-order valence-electron chi connectivity index (χ4n) is 8.70.